The third-order valence-corrected chi connectivity index (χ3v) is 3.02. The van der Waals surface area contributed by atoms with Gasteiger partial charge >= 0.3 is 0 Å². The molecule has 2 atom stereocenters. The first kappa shape index (κ1) is 12.8. The smallest absolute Gasteiger partial charge is 0.230 e. The molecule has 1 aromatic heterocycles. The Labute approximate surface area is 109 Å². The molecule has 2 N–H and O–H groups in total. The molecule has 19 heavy (non-hydrogen) atoms. The van der Waals surface area contributed by atoms with E-state index in [2.05, 4.69) is 10.3 Å². The zero-order valence-corrected chi connectivity index (χ0v) is 9.98. The molecule has 7 heteroatoms. The summed E-state index contributed by atoms with van der Waals surface area (Å²) in [4.78, 5) is 27.9. The molecule has 1 aliphatic rings. The normalized spacial score (nSPS) is 21.7. The molecule has 1 saturated heterocycles. The van der Waals surface area contributed by atoms with E-state index in [4.69, 9.17) is 5.26 Å². The molecule has 1 fully saturated rings. The summed E-state index contributed by atoms with van der Waals surface area (Å²) >= 11 is 0. The molecular formula is C12H12N4O3. The molecule has 98 valence electrons. The Hall–Kier alpha value is -2.62. The van der Waals surface area contributed by atoms with Crippen LogP contribution in [-0.2, 0) is 9.59 Å². The van der Waals surface area contributed by atoms with Crippen molar-refractivity contribution in [2.24, 2.45) is 5.92 Å². The highest BCUT2D eigenvalue weighted by Gasteiger charge is 2.35. The van der Waals surface area contributed by atoms with Crippen molar-refractivity contribution in [3.63, 3.8) is 0 Å². The second kappa shape index (κ2) is 5.35. The van der Waals surface area contributed by atoms with Crippen LogP contribution < -0.4 is 5.32 Å². The molecule has 1 unspecified atom stereocenters. The number of hydrogen-bond acceptors (Lipinski definition) is 5. The Bertz CT molecular complexity index is 540. The van der Waals surface area contributed by atoms with Crippen molar-refractivity contribution in [2.45, 2.75) is 12.5 Å². The van der Waals surface area contributed by atoms with E-state index in [0.717, 1.165) is 0 Å². The molecule has 0 aliphatic carbocycles. The number of nitrogens with zero attached hydrogens (tertiary/aromatic N) is 3. The van der Waals surface area contributed by atoms with E-state index in [9.17, 15) is 14.7 Å². The topological polar surface area (TPSA) is 106 Å². The minimum atomic E-state index is -0.578. The molecule has 0 radical (unpaired) electrons. The number of aromatic hydroxyl groups is 1. The summed E-state index contributed by atoms with van der Waals surface area (Å²) in [5.41, 5.74) is 0. The monoisotopic (exact) mass is 260 g/mol. The Morgan fingerprint density at radius 3 is 3.05 bits per heavy atom. The Kier molecular flexibility index (Phi) is 3.61. The summed E-state index contributed by atoms with van der Waals surface area (Å²) < 4.78 is 0. The first-order chi connectivity index (χ1) is 9.15. The lowest BCUT2D eigenvalue weighted by Gasteiger charge is -2.12. The maximum atomic E-state index is 12.0. The predicted molar refractivity (Wildman–Crippen MR) is 64.8 cm³/mol. The first-order valence-electron chi connectivity index (χ1n) is 5.71. The highest BCUT2D eigenvalue weighted by Crippen LogP contribution is 2.24. The van der Waals surface area contributed by atoms with Crippen LogP contribution in [0.4, 0.5) is 5.82 Å². The van der Waals surface area contributed by atoms with Crippen LogP contribution in [0.15, 0.2) is 18.3 Å². The second-order valence-corrected chi connectivity index (χ2v) is 4.24. The van der Waals surface area contributed by atoms with Gasteiger partial charge in [-0.05, 0) is 18.6 Å². The lowest BCUT2D eigenvalue weighted by molar-refractivity contribution is -0.120. The minimum absolute atomic E-state index is 0.0746. The summed E-state index contributed by atoms with van der Waals surface area (Å²) in [6.07, 6.45) is 2.30. The standard InChI is InChI=1S/C12H12N4O3/c13-5-9-4-8(6-16(9)7-17)12(19)15-11-10(18)2-1-3-14-11/h1-3,7-9,18H,4,6H2,(H,14,15,19)/t8?,9-/m0/s1. The van der Waals surface area contributed by atoms with E-state index in [0.29, 0.717) is 6.41 Å². The molecular weight excluding hydrogens is 248 g/mol. The van der Waals surface area contributed by atoms with Gasteiger partial charge in [-0.2, -0.15) is 5.26 Å². The quantitative estimate of drug-likeness (QED) is 0.749. The number of rotatable bonds is 3. The maximum absolute atomic E-state index is 12.0. The van der Waals surface area contributed by atoms with Gasteiger partial charge in [0.2, 0.25) is 12.3 Å². The van der Waals surface area contributed by atoms with Crippen LogP contribution >= 0.6 is 0 Å². The Morgan fingerprint density at radius 2 is 2.47 bits per heavy atom. The Balaban J connectivity index is 2.04. The number of carbonyl (C=O) groups is 2. The largest absolute Gasteiger partial charge is 0.504 e. The number of nitriles is 1. The number of likely N-dealkylation sites (tertiary alicyclic amines) is 1. The molecule has 0 spiro atoms. The van der Waals surface area contributed by atoms with Gasteiger partial charge in [-0.3, -0.25) is 9.59 Å². The zero-order chi connectivity index (χ0) is 13.8. The second-order valence-electron chi connectivity index (χ2n) is 4.24. The summed E-state index contributed by atoms with van der Waals surface area (Å²) in [6.45, 7) is 0.196. The van der Waals surface area contributed by atoms with Crippen molar-refractivity contribution in [1.82, 2.24) is 9.88 Å². The molecule has 1 aromatic rings. The van der Waals surface area contributed by atoms with Crippen molar-refractivity contribution in [3.8, 4) is 11.8 Å². The first-order valence-corrected chi connectivity index (χ1v) is 5.71. The van der Waals surface area contributed by atoms with E-state index in [-0.39, 0.29) is 30.4 Å². The SMILES string of the molecule is N#C[C@@H]1CC(C(=O)Nc2ncccc2O)CN1C=O. The average molecular weight is 260 g/mol. The van der Waals surface area contributed by atoms with Crippen LogP contribution in [0.5, 0.6) is 5.75 Å². The van der Waals surface area contributed by atoms with E-state index < -0.39 is 12.0 Å². The van der Waals surface area contributed by atoms with Crippen molar-refractivity contribution in [3.05, 3.63) is 18.3 Å². The van der Waals surface area contributed by atoms with Gasteiger partial charge in [0.15, 0.2) is 11.6 Å². The number of amides is 2. The summed E-state index contributed by atoms with van der Waals surface area (Å²) in [7, 11) is 0. The van der Waals surface area contributed by atoms with E-state index in [1.54, 1.807) is 6.07 Å². The van der Waals surface area contributed by atoms with Gasteiger partial charge in [-0.25, -0.2) is 4.98 Å². The number of nitrogens with one attached hydrogen (secondary N) is 1. The number of carbonyl (C=O) groups excluding carboxylic acids is 2. The molecule has 2 rings (SSSR count). The van der Waals surface area contributed by atoms with Gasteiger partial charge in [0, 0.05) is 12.7 Å². The number of pyridine rings is 1. The van der Waals surface area contributed by atoms with Crippen LogP contribution in [-0.4, -0.2) is 39.9 Å². The van der Waals surface area contributed by atoms with Crippen LogP contribution in [0.3, 0.4) is 0 Å². The van der Waals surface area contributed by atoms with E-state index in [1.165, 1.54) is 17.2 Å². The molecule has 0 saturated carbocycles. The highest BCUT2D eigenvalue weighted by atomic mass is 16.3. The fraction of sp³-hybridized carbons (Fsp3) is 0.333. The lowest BCUT2D eigenvalue weighted by Crippen LogP contribution is -2.28. The van der Waals surface area contributed by atoms with E-state index in [1.807, 2.05) is 6.07 Å². The number of anilines is 1. The van der Waals surface area contributed by atoms with Gasteiger partial charge in [-0.15, -0.1) is 0 Å². The summed E-state index contributed by atoms with van der Waals surface area (Å²) in [5, 5.41) is 20.9. The van der Waals surface area contributed by atoms with Gasteiger partial charge in [0.25, 0.3) is 0 Å². The third kappa shape index (κ3) is 2.63. The third-order valence-electron chi connectivity index (χ3n) is 3.02. The van der Waals surface area contributed by atoms with Crippen molar-refractivity contribution >= 4 is 18.1 Å². The molecule has 1 aliphatic heterocycles. The van der Waals surface area contributed by atoms with Gasteiger partial charge in [0.1, 0.15) is 6.04 Å². The van der Waals surface area contributed by atoms with Crippen molar-refractivity contribution in [1.29, 1.82) is 5.26 Å². The summed E-state index contributed by atoms with van der Waals surface area (Å²) in [6, 6.07) is 4.35. The number of aromatic nitrogens is 1. The Morgan fingerprint density at radius 1 is 1.68 bits per heavy atom. The zero-order valence-electron chi connectivity index (χ0n) is 9.98. The van der Waals surface area contributed by atoms with Crippen molar-refractivity contribution in [2.75, 3.05) is 11.9 Å². The molecule has 7 nitrogen and oxygen atoms in total. The van der Waals surface area contributed by atoms with Gasteiger partial charge in [0.05, 0.1) is 12.0 Å². The van der Waals surface area contributed by atoms with Crippen LogP contribution in [0.25, 0.3) is 0 Å². The maximum Gasteiger partial charge on any atom is 0.230 e. The number of hydrogen-bond donors (Lipinski definition) is 2. The highest BCUT2D eigenvalue weighted by molar-refractivity contribution is 5.93. The molecule has 2 heterocycles. The molecule has 2 amide bonds. The van der Waals surface area contributed by atoms with Crippen LogP contribution in [0, 0.1) is 17.2 Å². The van der Waals surface area contributed by atoms with Crippen LogP contribution in [0.2, 0.25) is 0 Å². The fourth-order valence-corrected chi connectivity index (χ4v) is 2.01. The lowest BCUT2D eigenvalue weighted by atomic mass is 10.1. The van der Waals surface area contributed by atoms with Gasteiger partial charge in [-0.1, -0.05) is 0 Å². The predicted octanol–water partition coefficient (Wildman–Crippen LogP) is 0.0962. The van der Waals surface area contributed by atoms with E-state index >= 15 is 0 Å². The summed E-state index contributed by atoms with van der Waals surface area (Å²) in [5.74, 6) is -0.890. The van der Waals surface area contributed by atoms with Crippen LogP contribution in [0.1, 0.15) is 6.42 Å². The minimum Gasteiger partial charge on any atom is -0.504 e. The molecule has 0 aromatic carbocycles. The average Bonchev–Trinajstić information content (AvgIpc) is 2.84. The fourth-order valence-electron chi connectivity index (χ4n) is 2.01. The van der Waals surface area contributed by atoms with Crippen molar-refractivity contribution < 1.29 is 14.7 Å². The molecule has 0 bridgehead atoms. The van der Waals surface area contributed by atoms with Gasteiger partial charge < -0.3 is 15.3 Å².